The molecule has 120 valence electrons. The summed E-state index contributed by atoms with van der Waals surface area (Å²) in [4.78, 5) is 4.48. The zero-order valence-corrected chi connectivity index (χ0v) is 14.2. The Morgan fingerprint density at radius 2 is 1.71 bits per heavy atom. The molecule has 0 bridgehead atoms. The first-order valence-electron chi connectivity index (χ1n) is 7.78. The lowest BCUT2D eigenvalue weighted by Crippen LogP contribution is -1.98. The minimum atomic E-state index is 0.508. The van der Waals surface area contributed by atoms with Crippen LogP contribution in [0.15, 0.2) is 77.8 Å². The highest BCUT2D eigenvalue weighted by atomic mass is 35.5. The third-order valence-corrected chi connectivity index (χ3v) is 3.83. The van der Waals surface area contributed by atoms with Crippen molar-refractivity contribution in [2.75, 3.05) is 0 Å². The van der Waals surface area contributed by atoms with Crippen LogP contribution in [0.1, 0.15) is 16.7 Å². The molecule has 0 aliphatic carbocycles. The van der Waals surface area contributed by atoms with Crippen molar-refractivity contribution in [2.45, 2.75) is 13.5 Å². The minimum absolute atomic E-state index is 0.508. The van der Waals surface area contributed by atoms with Crippen LogP contribution < -0.4 is 4.74 Å². The molecule has 0 amide bonds. The van der Waals surface area contributed by atoms with Gasteiger partial charge in [-0.1, -0.05) is 59.6 Å². The molecule has 24 heavy (non-hydrogen) atoms. The van der Waals surface area contributed by atoms with Crippen LogP contribution in [0.2, 0.25) is 5.02 Å². The molecule has 0 saturated carbocycles. The Kier molecular flexibility index (Phi) is 5.29. The molecule has 0 unspecified atom stereocenters. The molecule has 3 heteroatoms. The second kappa shape index (κ2) is 7.80. The molecular weight excluding hydrogens is 318 g/mol. The summed E-state index contributed by atoms with van der Waals surface area (Å²) < 4.78 is 5.96. The lowest BCUT2D eigenvalue weighted by atomic mass is 10.1. The van der Waals surface area contributed by atoms with E-state index in [-0.39, 0.29) is 0 Å². The molecule has 0 saturated heterocycles. The fourth-order valence-corrected chi connectivity index (χ4v) is 2.44. The van der Waals surface area contributed by atoms with E-state index in [1.165, 1.54) is 5.56 Å². The highest BCUT2D eigenvalue weighted by molar-refractivity contribution is 6.30. The summed E-state index contributed by atoms with van der Waals surface area (Å²) >= 11 is 6.12. The largest absolute Gasteiger partial charge is 0.488 e. The van der Waals surface area contributed by atoms with E-state index in [4.69, 9.17) is 16.3 Å². The van der Waals surface area contributed by atoms with Crippen molar-refractivity contribution in [3.8, 4) is 5.75 Å². The summed E-state index contributed by atoms with van der Waals surface area (Å²) in [5, 5.41) is 0.659. The molecule has 0 aromatic heterocycles. The zero-order valence-electron chi connectivity index (χ0n) is 13.4. The van der Waals surface area contributed by atoms with Crippen LogP contribution in [0.3, 0.4) is 0 Å². The van der Waals surface area contributed by atoms with Gasteiger partial charge in [-0.05, 0) is 42.8 Å². The van der Waals surface area contributed by atoms with Crippen LogP contribution in [-0.4, -0.2) is 6.21 Å². The van der Waals surface area contributed by atoms with Crippen molar-refractivity contribution < 1.29 is 4.74 Å². The molecule has 0 radical (unpaired) electrons. The second-order valence-electron chi connectivity index (χ2n) is 5.55. The fourth-order valence-electron chi connectivity index (χ4n) is 2.26. The molecule has 3 aromatic carbocycles. The Morgan fingerprint density at radius 3 is 2.46 bits per heavy atom. The standard InChI is InChI=1S/C21H18ClNO/c1-16-7-9-17(10-8-16)15-24-21-12-11-19(22)13-18(21)14-23-20-5-3-2-4-6-20/h2-14H,15H2,1H3. The Morgan fingerprint density at radius 1 is 0.958 bits per heavy atom. The molecule has 2 nitrogen and oxygen atoms in total. The first-order chi connectivity index (χ1) is 11.7. The minimum Gasteiger partial charge on any atom is -0.488 e. The Balaban J connectivity index is 1.77. The van der Waals surface area contributed by atoms with E-state index in [1.54, 1.807) is 6.21 Å². The average molecular weight is 336 g/mol. The number of aliphatic imine (C=N–C) groups is 1. The van der Waals surface area contributed by atoms with E-state index in [1.807, 2.05) is 48.5 Å². The normalized spacial score (nSPS) is 10.9. The Bertz CT molecular complexity index is 826. The molecule has 0 aliphatic rings. The van der Waals surface area contributed by atoms with Gasteiger partial charge in [-0.3, -0.25) is 4.99 Å². The molecular formula is C21H18ClNO. The first-order valence-corrected chi connectivity index (χ1v) is 8.15. The number of hydrogen-bond donors (Lipinski definition) is 0. The number of para-hydroxylation sites is 1. The van der Waals surface area contributed by atoms with Gasteiger partial charge in [0.25, 0.3) is 0 Å². The highest BCUT2D eigenvalue weighted by Gasteiger charge is 2.04. The van der Waals surface area contributed by atoms with E-state index in [2.05, 4.69) is 36.2 Å². The van der Waals surface area contributed by atoms with Crippen LogP contribution in [0.4, 0.5) is 5.69 Å². The van der Waals surface area contributed by atoms with Crippen molar-refractivity contribution in [1.29, 1.82) is 0 Å². The fraction of sp³-hybridized carbons (Fsp3) is 0.0952. The van der Waals surface area contributed by atoms with Gasteiger partial charge >= 0.3 is 0 Å². The van der Waals surface area contributed by atoms with Gasteiger partial charge in [0, 0.05) is 16.8 Å². The Labute approximate surface area is 147 Å². The van der Waals surface area contributed by atoms with Crippen LogP contribution in [-0.2, 0) is 6.61 Å². The number of benzene rings is 3. The summed E-state index contributed by atoms with van der Waals surface area (Å²) in [6, 6.07) is 23.7. The van der Waals surface area contributed by atoms with Crippen molar-refractivity contribution in [3.05, 3.63) is 94.5 Å². The van der Waals surface area contributed by atoms with Crippen molar-refractivity contribution in [3.63, 3.8) is 0 Å². The molecule has 0 N–H and O–H groups in total. The lowest BCUT2D eigenvalue weighted by Gasteiger charge is -2.10. The van der Waals surface area contributed by atoms with Crippen molar-refractivity contribution >= 4 is 23.5 Å². The van der Waals surface area contributed by atoms with Crippen molar-refractivity contribution in [2.24, 2.45) is 4.99 Å². The van der Waals surface area contributed by atoms with Crippen LogP contribution in [0.25, 0.3) is 0 Å². The zero-order chi connectivity index (χ0) is 16.8. The van der Waals surface area contributed by atoms with Crippen molar-refractivity contribution in [1.82, 2.24) is 0 Å². The van der Waals surface area contributed by atoms with Gasteiger partial charge in [0.15, 0.2) is 0 Å². The second-order valence-corrected chi connectivity index (χ2v) is 5.99. The van der Waals surface area contributed by atoms with Gasteiger partial charge < -0.3 is 4.74 Å². The summed E-state index contributed by atoms with van der Waals surface area (Å²) in [7, 11) is 0. The van der Waals surface area contributed by atoms with Gasteiger partial charge in [-0.15, -0.1) is 0 Å². The Hall–Kier alpha value is -2.58. The van der Waals surface area contributed by atoms with Crippen LogP contribution >= 0.6 is 11.6 Å². The molecule has 0 spiro atoms. The molecule has 0 fully saturated rings. The third-order valence-electron chi connectivity index (χ3n) is 3.60. The predicted molar refractivity (Wildman–Crippen MR) is 101 cm³/mol. The monoisotopic (exact) mass is 335 g/mol. The quantitative estimate of drug-likeness (QED) is 0.526. The topological polar surface area (TPSA) is 21.6 Å². The van der Waals surface area contributed by atoms with Gasteiger partial charge in [0.05, 0.1) is 5.69 Å². The number of halogens is 1. The average Bonchev–Trinajstić information content (AvgIpc) is 2.61. The van der Waals surface area contributed by atoms with E-state index < -0.39 is 0 Å². The van der Waals surface area contributed by atoms with Gasteiger partial charge in [-0.25, -0.2) is 0 Å². The van der Waals surface area contributed by atoms with Crippen LogP contribution in [0.5, 0.6) is 5.75 Å². The lowest BCUT2D eigenvalue weighted by molar-refractivity contribution is 0.306. The predicted octanol–water partition coefficient (Wildman–Crippen LogP) is 5.98. The molecule has 0 atom stereocenters. The van der Waals surface area contributed by atoms with E-state index in [0.29, 0.717) is 11.6 Å². The van der Waals surface area contributed by atoms with Gasteiger partial charge in [0.2, 0.25) is 0 Å². The summed E-state index contributed by atoms with van der Waals surface area (Å²) in [6.07, 6.45) is 1.78. The SMILES string of the molecule is Cc1ccc(COc2ccc(Cl)cc2C=Nc2ccccc2)cc1. The summed E-state index contributed by atoms with van der Waals surface area (Å²) in [6.45, 7) is 2.58. The smallest absolute Gasteiger partial charge is 0.128 e. The molecule has 0 aliphatic heterocycles. The number of aryl methyl sites for hydroxylation is 1. The number of nitrogens with zero attached hydrogens (tertiary/aromatic N) is 1. The summed E-state index contributed by atoms with van der Waals surface area (Å²) in [5.41, 5.74) is 4.11. The highest BCUT2D eigenvalue weighted by Crippen LogP contribution is 2.23. The maximum absolute atomic E-state index is 6.12. The number of hydrogen-bond acceptors (Lipinski definition) is 2. The molecule has 0 heterocycles. The van der Waals surface area contributed by atoms with E-state index in [9.17, 15) is 0 Å². The number of rotatable bonds is 5. The van der Waals surface area contributed by atoms with Gasteiger partial charge in [0.1, 0.15) is 12.4 Å². The first kappa shape index (κ1) is 16.3. The third kappa shape index (κ3) is 4.46. The van der Waals surface area contributed by atoms with E-state index in [0.717, 1.165) is 22.6 Å². The number of ether oxygens (including phenoxy) is 1. The maximum Gasteiger partial charge on any atom is 0.128 e. The summed E-state index contributed by atoms with van der Waals surface area (Å²) in [5.74, 6) is 0.764. The van der Waals surface area contributed by atoms with Gasteiger partial charge in [-0.2, -0.15) is 0 Å². The molecule has 3 aromatic rings. The maximum atomic E-state index is 6.12. The van der Waals surface area contributed by atoms with Crippen LogP contribution in [0, 0.1) is 6.92 Å². The molecule has 3 rings (SSSR count). The van der Waals surface area contributed by atoms with E-state index >= 15 is 0 Å².